The van der Waals surface area contributed by atoms with Crippen LogP contribution >= 0.6 is 36.1 Å². The van der Waals surface area contributed by atoms with Gasteiger partial charge in [-0.05, 0) is 267 Å². The van der Waals surface area contributed by atoms with Gasteiger partial charge in [0, 0.05) is 17.3 Å². The zero-order valence-corrected chi connectivity index (χ0v) is 82.4. The van der Waals surface area contributed by atoms with Gasteiger partial charge in [-0.15, -0.1) is 0 Å². The van der Waals surface area contributed by atoms with Crippen LogP contribution in [-0.4, -0.2) is 58.3 Å². The third-order valence-electron chi connectivity index (χ3n) is 25.7. The number of ketones is 1. The third-order valence-corrected chi connectivity index (χ3v) is 33.9. The number of ether oxygens (including phenoxy) is 3. The number of hydrogen-bond acceptors (Lipinski definition) is 19. The largest absolute Gasteiger partial charge is 0.691 e. The van der Waals surface area contributed by atoms with Gasteiger partial charge < -0.3 is 30.0 Å². The fourth-order valence-corrected chi connectivity index (χ4v) is 26.9. The van der Waals surface area contributed by atoms with E-state index in [1.165, 1.54) is 78.3 Å². The molecule has 16 nitrogen and oxygen atoms in total. The van der Waals surface area contributed by atoms with Crippen molar-refractivity contribution >= 4 is 92.5 Å². The summed E-state index contributed by atoms with van der Waals surface area (Å²) in [5.74, 6) is -3.93. The highest BCUT2D eigenvalue weighted by molar-refractivity contribution is 7.98. The standard InChI is InChI=1S/C30H39S.C20H24F2O5S.2C18H15S.C12H14F2O6S.C9H14F2O5S/c1-28(2,3)22-10-16-25(17-11-22)31(26-18-12-23(13-19-26)29(4,5)6)27-20-14-24(15-21-27)30(7,8)9;1-13-2-4-16(5-3-13)19-9-14-6-15(10-19)8-18(7-14,11-19)12-25-17(23)20(21,22)28-27-26-24;2*1-4-10-16(11-5-1)19(17-12-6-2-7-13-17)18-14-8-3-9-15-18;13-12(14,21-20-19-17)10(16)18-11-3-6-1-7(4-11)9(15)8(2-6)5-11;10-9(11,17-16-15-13)8(12)14-6-7-4-2-1-3-5-7/h10-21H,1-9H3;2-5,14-15,24H,6-12H2,1H3;2*1-15H;6-8,17H,1-5H2;7,13H,1-6H2/q+1;;2*+1;;/p-3. The second-order valence-corrected chi connectivity index (χ2v) is 47.5. The molecule has 28 heteroatoms. The van der Waals surface area contributed by atoms with Crippen LogP contribution in [0.25, 0.3) is 0 Å². The minimum atomic E-state index is -4.03. The maximum absolute atomic E-state index is 13.7. The lowest BCUT2D eigenvalue weighted by Gasteiger charge is -2.62. The smallest absolute Gasteiger partial charge is 0.415 e. The number of benzene rings is 10. The van der Waals surface area contributed by atoms with Gasteiger partial charge in [-0.2, -0.15) is 39.3 Å². The van der Waals surface area contributed by atoms with E-state index >= 15 is 0 Å². The summed E-state index contributed by atoms with van der Waals surface area (Å²) in [5, 5.41) is 25.2. The number of alkyl halides is 6. The van der Waals surface area contributed by atoms with E-state index in [1.54, 1.807) is 0 Å². The van der Waals surface area contributed by atoms with Crippen molar-refractivity contribution in [2.24, 2.45) is 40.9 Å². The van der Waals surface area contributed by atoms with Crippen molar-refractivity contribution < 1.29 is 104 Å². The molecule has 10 aromatic rings. The van der Waals surface area contributed by atoms with Crippen molar-refractivity contribution in [1.29, 1.82) is 0 Å². The molecule has 0 aliphatic heterocycles. The molecular weight excluding hydrogens is 1850 g/mol. The first-order valence-corrected chi connectivity index (χ1v) is 51.3. The monoisotopic (exact) mass is 1960 g/mol. The van der Waals surface area contributed by atoms with Crippen LogP contribution in [0.4, 0.5) is 26.3 Å². The minimum absolute atomic E-state index is 0.0146. The van der Waals surface area contributed by atoms with E-state index in [0.717, 1.165) is 77.0 Å². The molecule has 19 rings (SSSR count). The van der Waals surface area contributed by atoms with Crippen molar-refractivity contribution in [3.63, 3.8) is 0 Å². The molecule has 9 aliphatic rings. The van der Waals surface area contributed by atoms with Gasteiger partial charge in [0.15, 0.2) is 44.1 Å². The zero-order chi connectivity index (χ0) is 96.8. The Morgan fingerprint density at radius 3 is 1.00 bits per heavy atom. The molecule has 10 aromatic carbocycles. The van der Waals surface area contributed by atoms with Gasteiger partial charge in [0.2, 0.25) is 0 Å². The molecule has 135 heavy (non-hydrogen) atoms. The van der Waals surface area contributed by atoms with E-state index in [2.05, 4.69) is 381 Å². The van der Waals surface area contributed by atoms with Gasteiger partial charge in [0.1, 0.15) is 47.5 Å². The summed E-state index contributed by atoms with van der Waals surface area (Å²) in [6, 6.07) is 101. The van der Waals surface area contributed by atoms with E-state index in [4.69, 9.17) is 9.47 Å². The first-order chi connectivity index (χ1) is 64.3. The van der Waals surface area contributed by atoms with E-state index in [-0.39, 0.29) is 102 Å². The van der Waals surface area contributed by atoms with Gasteiger partial charge in [-0.3, -0.25) is 19.9 Å². The van der Waals surface area contributed by atoms with Gasteiger partial charge in [-0.25, -0.2) is 14.4 Å². The number of halogens is 6. The molecule has 720 valence electrons. The highest BCUT2D eigenvalue weighted by Gasteiger charge is 2.61. The molecule has 8 bridgehead atoms. The number of esters is 3. The lowest BCUT2D eigenvalue weighted by atomic mass is 9.43. The van der Waals surface area contributed by atoms with Crippen molar-refractivity contribution in [2.75, 3.05) is 13.2 Å². The van der Waals surface area contributed by atoms with Gasteiger partial charge in [0.25, 0.3) is 0 Å². The van der Waals surface area contributed by atoms with Crippen molar-refractivity contribution in [3.05, 3.63) is 307 Å². The predicted molar refractivity (Wildman–Crippen MR) is 511 cm³/mol. The average molecular weight is 1970 g/mol. The number of aryl methyl sites for hydroxylation is 1. The summed E-state index contributed by atoms with van der Waals surface area (Å²) in [5.41, 5.74) is 5.96. The first-order valence-electron chi connectivity index (χ1n) is 45.4. The Kier molecular flexibility index (Phi) is 37.1. The number of rotatable bonds is 27. The Balaban J connectivity index is 0.000000148. The molecule has 9 aliphatic carbocycles. The highest BCUT2D eigenvalue weighted by Crippen LogP contribution is 2.66. The lowest BCUT2D eigenvalue weighted by Crippen LogP contribution is -2.57. The molecule has 4 atom stereocenters. The molecule has 0 N–H and O–H groups in total. The molecular formula is C107H118F6O16S6. The molecule has 0 saturated heterocycles. The van der Waals surface area contributed by atoms with Crippen LogP contribution in [0, 0.1) is 47.8 Å². The molecule has 0 amide bonds. The summed E-state index contributed by atoms with van der Waals surface area (Å²) >= 11 is -2.00. The van der Waals surface area contributed by atoms with Crippen LogP contribution in [0.1, 0.15) is 193 Å². The van der Waals surface area contributed by atoms with Crippen LogP contribution in [0.2, 0.25) is 0 Å². The summed E-state index contributed by atoms with van der Waals surface area (Å²) < 4.78 is 105. The summed E-state index contributed by atoms with van der Waals surface area (Å²) in [6.45, 7) is 22.5. The fraction of sp³-hybridized carbons (Fsp3) is 0.402. The number of carbonyl (C=O) groups is 4. The molecule has 0 aromatic heterocycles. The topological polar surface area (TPSA) is 221 Å². The minimum Gasteiger partial charge on any atom is -0.691 e. The first kappa shape index (κ1) is 105. The van der Waals surface area contributed by atoms with E-state index in [1.807, 2.05) is 0 Å². The highest BCUT2D eigenvalue weighted by atomic mass is 32.2. The quantitative estimate of drug-likeness (QED) is 0.00888. The van der Waals surface area contributed by atoms with Gasteiger partial charge in [-0.1, -0.05) is 257 Å². The number of hydrogen-bond donors (Lipinski definition) is 0. The van der Waals surface area contributed by atoms with Crippen molar-refractivity contribution in [1.82, 2.24) is 0 Å². The molecule has 0 heterocycles. The maximum atomic E-state index is 13.7. The average Bonchev–Trinajstić information content (AvgIpc) is 0.709. The second-order valence-electron chi connectivity index (χ2n) is 38.9. The number of Topliss-reactive ketones (excluding diaryl/α,β-unsaturated/α-hetero) is 1. The van der Waals surface area contributed by atoms with Crippen LogP contribution < -0.4 is 15.8 Å². The van der Waals surface area contributed by atoms with Crippen LogP contribution in [0.15, 0.2) is 323 Å². The molecule has 0 radical (unpaired) electrons. The Morgan fingerprint density at radius 2 is 0.681 bits per heavy atom. The Hall–Kier alpha value is -8.40. The van der Waals surface area contributed by atoms with Crippen molar-refractivity contribution in [2.45, 2.75) is 259 Å². The Bertz CT molecular complexity index is 4900. The zero-order valence-electron chi connectivity index (χ0n) is 77.5. The molecule has 9 saturated carbocycles. The third kappa shape index (κ3) is 28.9. The SMILES string of the molecule is CC(C)(C)c1ccc([S+](c2ccc(C(C)(C)C)cc2)c2ccc(C(C)(C)C)cc2)cc1.Cc1ccc(C23CC4CC(CC(COC(=O)C(F)(F)SOO[O-])(C4)C2)C3)cc1.O=C(OCC1CCCCC1)C(F)(F)SOO[O-].O=C1C2CC3CC1CC(OC(=O)C(F)(F)SOO[O-])(C3)C2.c1ccc([S+](c2ccccc2)c2ccccc2)cc1.c1ccc([S+](c2ccccc2)c2ccccc2)cc1. The second kappa shape index (κ2) is 47.5. The summed E-state index contributed by atoms with van der Waals surface area (Å²) in [4.78, 5) is 58.7. The lowest BCUT2D eigenvalue weighted by molar-refractivity contribution is -0.777. The summed E-state index contributed by atoms with van der Waals surface area (Å²) in [7, 11) is -0.149. The van der Waals surface area contributed by atoms with E-state index < -0.39 is 75.4 Å². The van der Waals surface area contributed by atoms with Crippen LogP contribution in [-0.2, 0) is 116 Å². The van der Waals surface area contributed by atoms with Crippen LogP contribution in [0.5, 0.6) is 0 Å². The fourth-order valence-electron chi connectivity index (χ4n) is 20.0. The number of carbonyl (C=O) groups excluding carboxylic acids is 4. The summed E-state index contributed by atoms with van der Waals surface area (Å²) in [6.07, 6.45) is 13.7. The van der Waals surface area contributed by atoms with E-state index in [0.29, 0.717) is 31.1 Å². The molecule has 9 fully saturated rings. The Labute approximate surface area is 810 Å². The predicted octanol–water partition coefficient (Wildman–Crippen LogP) is 24.8. The van der Waals surface area contributed by atoms with Crippen molar-refractivity contribution in [3.8, 4) is 0 Å². The molecule has 4 unspecified atom stereocenters. The van der Waals surface area contributed by atoms with Gasteiger partial charge in [0.05, 0.1) is 45.9 Å². The van der Waals surface area contributed by atoms with Crippen LogP contribution in [0.3, 0.4) is 0 Å². The van der Waals surface area contributed by atoms with Gasteiger partial charge >= 0.3 is 33.7 Å². The molecule has 0 spiro atoms. The maximum Gasteiger partial charge on any atom is 0.415 e. The van der Waals surface area contributed by atoms with E-state index in [9.17, 15) is 61.3 Å². The normalized spacial score (nSPS) is 21.1. The Morgan fingerprint density at radius 1 is 0.370 bits per heavy atom.